The zero-order valence-electron chi connectivity index (χ0n) is 28.9. The first kappa shape index (κ1) is 39.0. The van der Waals surface area contributed by atoms with Crippen LogP contribution < -0.4 is 0 Å². The molecular weight excluding hydrogens is 656 g/mol. The molecule has 15 atom stereocenters. The summed E-state index contributed by atoms with van der Waals surface area (Å²) in [6.07, 6.45) is -10.5. The zero-order chi connectivity index (χ0) is 36.1. The third-order valence-corrected chi connectivity index (χ3v) is 10.7. The SMILES string of the molecule is C[C@@H]1C[C@H](C)[C@H](OC2O[C@@H](C)[C@@H](O)[C@@H](O)[C@@H]2O)[C@H](O[C@@H]2O[C@H](CO)[C@H](O)[C@H](O[C@@H](CC3CCCCC3)C(=O)O)[C@H]2OC(=O)c2ccccc2)C1. The van der Waals surface area contributed by atoms with Gasteiger partial charge in [-0.2, -0.15) is 0 Å². The second-order valence-corrected chi connectivity index (χ2v) is 14.6. The summed E-state index contributed by atoms with van der Waals surface area (Å²) in [5.41, 5.74) is 0.195. The molecule has 0 bridgehead atoms. The van der Waals surface area contributed by atoms with Crippen molar-refractivity contribution in [2.24, 2.45) is 17.8 Å². The number of aliphatic hydroxyl groups is 5. The van der Waals surface area contributed by atoms with Crippen molar-refractivity contribution in [3.63, 3.8) is 0 Å². The molecule has 2 saturated carbocycles. The maximum Gasteiger partial charge on any atom is 0.338 e. The predicted molar refractivity (Wildman–Crippen MR) is 175 cm³/mol. The van der Waals surface area contributed by atoms with Crippen LogP contribution >= 0.6 is 0 Å². The van der Waals surface area contributed by atoms with Crippen LogP contribution in [-0.2, 0) is 33.2 Å². The van der Waals surface area contributed by atoms with Gasteiger partial charge in [0.05, 0.1) is 30.5 Å². The van der Waals surface area contributed by atoms with Gasteiger partial charge in [0, 0.05) is 0 Å². The average molecular weight is 711 g/mol. The van der Waals surface area contributed by atoms with Crippen molar-refractivity contribution in [1.82, 2.24) is 0 Å². The molecule has 0 spiro atoms. The van der Waals surface area contributed by atoms with Gasteiger partial charge in [0.15, 0.2) is 24.8 Å². The van der Waals surface area contributed by atoms with Gasteiger partial charge < -0.3 is 59.1 Å². The number of carboxylic acid groups (broad SMARTS) is 1. The highest BCUT2D eigenvalue weighted by atomic mass is 16.7. The van der Waals surface area contributed by atoms with Crippen molar-refractivity contribution >= 4 is 11.9 Å². The maximum absolute atomic E-state index is 13.5. The summed E-state index contributed by atoms with van der Waals surface area (Å²) in [6.45, 7) is 4.85. The number of carboxylic acids is 1. The third kappa shape index (κ3) is 9.21. The van der Waals surface area contributed by atoms with E-state index in [4.69, 9.17) is 28.4 Å². The lowest BCUT2D eigenvalue weighted by Gasteiger charge is -2.48. The Bertz CT molecular complexity index is 1230. The number of aliphatic carboxylic acids is 1. The summed E-state index contributed by atoms with van der Waals surface area (Å²) in [6, 6.07) is 8.13. The minimum absolute atomic E-state index is 0.107. The van der Waals surface area contributed by atoms with Crippen LogP contribution in [0.5, 0.6) is 0 Å². The minimum Gasteiger partial charge on any atom is -0.479 e. The normalized spacial score (nSPS) is 40.6. The fourth-order valence-corrected chi connectivity index (χ4v) is 7.90. The van der Waals surface area contributed by atoms with Gasteiger partial charge in [-0.15, -0.1) is 0 Å². The molecule has 0 amide bonds. The molecule has 282 valence electrons. The van der Waals surface area contributed by atoms with Crippen molar-refractivity contribution < 1.29 is 68.6 Å². The zero-order valence-corrected chi connectivity index (χ0v) is 28.9. The van der Waals surface area contributed by atoms with Crippen LogP contribution in [-0.4, -0.2) is 129 Å². The van der Waals surface area contributed by atoms with Gasteiger partial charge in [0.2, 0.25) is 0 Å². The van der Waals surface area contributed by atoms with Gasteiger partial charge in [-0.05, 0) is 56.1 Å². The number of ether oxygens (including phenoxy) is 6. The van der Waals surface area contributed by atoms with Crippen LogP contribution in [0.2, 0.25) is 0 Å². The Labute approximate surface area is 292 Å². The van der Waals surface area contributed by atoms with Crippen LogP contribution in [0.4, 0.5) is 0 Å². The molecule has 1 unspecified atom stereocenters. The Balaban J connectivity index is 1.44. The Hall–Kier alpha value is -2.24. The number of benzene rings is 1. The monoisotopic (exact) mass is 710 g/mol. The van der Waals surface area contributed by atoms with Gasteiger partial charge in [-0.1, -0.05) is 64.2 Å². The van der Waals surface area contributed by atoms with Gasteiger partial charge in [0.25, 0.3) is 0 Å². The fraction of sp³-hybridized carbons (Fsp3) is 0.778. The van der Waals surface area contributed by atoms with E-state index in [9.17, 15) is 40.2 Å². The van der Waals surface area contributed by atoms with E-state index >= 15 is 0 Å². The van der Waals surface area contributed by atoms with E-state index < -0.39 is 98.3 Å². The number of rotatable bonds is 12. The molecule has 4 fully saturated rings. The quantitative estimate of drug-likeness (QED) is 0.171. The van der Waals surface area contributed by atoms with Crippen molar-refractivity contribution in [2.75, 3.05) is 6.61 Å². The topological polar surface area (TPSA) is 211 Å². The molecule has 6 N–H and O–H groups in total. The Morgan fingerprint density at radius 2 is 1.52 bits per heavy atom. The molecule has 5 rings (SSSR count). The fourth-order valence-electron chi connectivity index (χ4n) is 7.90. The maximum atomic E-state index is 13.5. The molecule has 50 heavy (non-hydrogen) atoms. The van der Waals surface area contributed by atoms with Gasteiger partial charge >= 0.3 is 11.9 Å². The number of aliphatic hydroxyl groups excluding tert-OH is 5. The molecule has 2 saturated heterocycles. The average Bonchev–Trinajstić information content (AvgIpc) is 3.10. The number of carbonyl (C=O) groups excluding carboxylic acids is 1. The molecule has 1 aromatic carbocycles. The van der Waals surface area contributed by atoms with E-state index in [1.165, 1.54) is 0 Å². The van der Waals surface area contributed by atoms with E-state index in [1.54, 1.807) is 37.3 Å². The van der Waals surface area contributed by atoms with Gasteiger partial charge in [-0.3, -0.25) is 0 Å². The number of esters is 1. The minimum atomic E-state index is -1.59. The van der Waals surface area contributed by atoms with Crippen molar-refractivity contribution in [3.05, 3.63) is 35.9 Å². The summed E-state index contributed by atoms with van der Waals surface area (Å²) >= 11 is 0. The van der Waals surface area contributed by atoms with Crippen molar-refractivity contribution in [1.29, 1.82) is 0 Å². The van der Waals surface area contributed by atoms with E-state index in [0.717, 1.165) is 38.5 Å². The summed E-state index contributed by atoms with van der Waals surface area (Å²) in [5, 5.41) is 63.3. The van der Waals surface area contributed by atoms with E-state index in [-0.39, 0.29) is 29.7 Å². The summed E-state index contributed by atoms with van der Waals surface area (Å²) in [4.78, 5) is 26.0. The molecule has 4 aliphatic rings. The molecule has 2 aliphatic heterocycles. The molecule has 2 aliphatic carbocycles. The molecule has 0 aromatic heterocycles. The highest BCUT2D eigenvalue weighted by Gasteiger charge is 2.53. The first-order chi connectivity index (χ1) is 23.9. The largest absolute Gasteiger partial charge is 0.479 e. The van der Waals surface area contributed by atoms with Crippen LogP contribution in [0.15, 0.2) is 30.3 Å². The predicted octanol–water partition coefficient (Wildman–Crippen LogP) is 1.76. The lowest BCUT2D eigenvalue weighted by Crippen LogP contribution is -2.64. The van der Waals surface area contributed by atoms with E-state index in [2.05, 4.69) is 0 Å². The Morgan fingerprint density at radius 3 is 2.18 bits per heavy atom. The van der Waals surface area contributed by atoms with Gasteiger partial charge in [-0.25, -0.2) is 9.59 Å². The number of hydrogen-bond acceptors (Lipinski definition) is 13. The summed E-state index contributed by atoms with van der Waals surface area (Å²) < 4.78 is 36.8. The molecular formula is C36H54O14. The lowest BCUT2D eigenvalue weighted by molar-refractivity contribution is -0.349. The van der Waals surface area contributed by atoms with Crippen LogP contribution in [0.25, 0.3) is 0 Å². The van der Waals surface area contributed by atoms with Crippen molar-refractivity contribution in [2.45, 2.75) is 152 Å². The molecule has 14 nitrogen and oxygen atoms in total. The first-order valence-corrected chi connectivity index (χ1v) is 18.0. The van der Waals surface area contributed by atoms with Crippen molar-refractivity contribution in [3.8, 4) is 0 Å². The van der Waals surface area contributed by atoms with E-state index in [0.29, 0.717) is 6.42 Å². The highest BCUT2D eigenvalue weighted by Crippen LogP contribution is 2.39. The highest BCUT2D eigenvalue weighted by molar-refractivity contribution is 5.89. The third-order valence-electron chi connectivity index (χ3n) is 10.7. The smallest absolute Gasteiger partial charge is 0.338 e. The molecule has 2 heterocycles. The van der Waals surface area contributed by atoms with Crippen LogP contribution in [0, 0.1) is 17.8 Å². The number of hydrogen-bond donors (Lipinski definition) is 6. The number of carbonyl (C=O) groups is 2. The van der Waals surface area contributed by atoms with E-state index in [1.807, 2.05) is 13.8 Å². The Morgan fingerprint density at radius 1 is 0.820 bits per heavy atom. The van der Waals surface area contributed by atoms with Gasteiger partial charge in [0.1, 0.15) is 36.6 Å². The van der Waals surface area contributed by atoms with Crippen LogP contribution in [0.3, 0.4) is 0 Å². The second-order valence-electron chi connectivity index (χ2n) is 14.6. The molecule has 14 heteroatoms. The lowest BCUT2D eigenvalue weighted by atomic mass is 9.79. The molecule has 0 radical (unpaired) electrons. The second kappa shape index (κ2) is 17.5. The van der Waals surface area contributed by atoms with Crippen LogP contribution in [0.1, 0.15) is 82.5 Å². The summed E-state index contributed by atoms with van der Waals surface area (Å²) in [7, 11) is 0. The summed E-state index contributed by atoms with van der Waals surface area (Å²) in [5.74, 6) is -1.93. The first-order valence-electron chi connectivity index (χ1n) is 18.0. The Kier molecular flexibility index (Phi) is 13.7. The molecule has 1 aromatic rings. The standard InChI is InChI=1S/C36H54O14/c1-18-14-19(2)30(50-35-29(41)28(40)26(38)20(3)45-35)23(15-18)47-36-32(49-34(44)22-12-8-5-9-13-22)31(27(39)25(17-37)48-36)46-24(33(42)43)16-21-10-6-4-7-11-21/h5,8-9,12-13,18-21,23-32,35-41H,4,6-7,10-11,14-17H2,1-3H3,(H,42,43)/t18-,19+,20+,23-,24+,25-,26-,27+,28-,29+,30+,31+,32-,35?,36-/m1/s1.